The number of hydrogen-bond donors (Lipinski definition) is 2. The molecule has 0 heterocycles. The number of amides is 1. The summed E-state index contributed by atoms with van der Waals surface area (Å²) in [7, 11) is 0. The van der Waals surface area contributed by atoms with E-state index in [1.807, 2.05) is 0 Å². The van der Waals surface area contributed by atoms with Crippen molar-refractivity contribution in [3.63, 3.8) is 0 Å². The summed E-state index contributed by atoms with van der Waals surface area (Å²) in [4.78, 5) is 10.5. The van der Waals surface area contributed by atoms with Crippen molar-refractivity contribution in [1.82, 2.24) is 5.32 Å². The first-order valence-corrected chi connectivity index (χ1v) is 3.27. The second-order valence-corrected chi connectivity index (χ2v) is 1.87. The van der Waals surface area contributed by atoms with Gasteiger partial charge in [0.25, 0.3) is 0 Å². The highest BCUT2D eigenvalue weighted by atomic mass is 35.5. The van der Waals surface area contributed by atoms with E-state index in [2.05, 4.69) is 5.32 Å². The Bertz CT molecular complexity index is 97.0. The molecule has 0 aromatic heterocycles. The van der Waals surface area contributed by atoms with E-state index in [4.69, 9.17) is 16.7 Å². The summed E-state index contributed by atoms with van der Waals surface area (Å²) in [5, 5.41) is 11.1. The zero-order chi connectivity index (χ0) is 7.28. The van der Waals surface area contributed by atoms with Crippen LogP contribution in [0.1, 0.15) is 6.92 Å². The smallest absolute Gasteiger partial charge is 0.250 e. The molecule has 4 heteroatoms. The summed E-state index contributed by atoms with van der Waals surface area (Å²) >= 11 is 5.17. The summed E-state index contributed by atoms with van der Waals surface area (Å²) in [6.45, 7) is 2.30. The second-order valence-electron chi connectivity index (χ2n) is 1.56. The van der Waals surface area contributed by atoms with Crippen molar-refractivity contribution in [1.29, 1.82) is 0 Å². The van der Waals surface area contributed by atoms with E-state index in [0.717, 1.165) is 0 Å². The first-order valence-electron chi connectivity index (χ1n) is 2.74. The third-order valence-corrected chi connectivity index (χ3v) is 1.09. The zero-order valence-corrected chi connectivity index (χ0v) is 5.98. The van der Waals surface area contributed by atoms with E-state index in [1.54, 1.807) is 6.92 Å². The molecular formula is C5H10ClNO2. The molecule has 2 N–H and O–H groups in total. The normalized spacial score (nSPS) is 12.8. The molecule has 0 fully saturated rings. The number of carbonyl (C=O) groups excluding carboxylic acids is 1. The van der Waals surface area contributed by atoms with E-state index in [0.29, 0.717) is 6.54 Å². The van der Waals surface area contributed by atoms with Crippen molar-refractivity contribution >= 4 is 17.5 Å². The fourth-order valence-electron chi connectivity index (χ4n) is 0.362. The maximum absolute atomic E-state index is 10.5. The number of nitrogens with one attached hydrogen (secondary N) is 1. The highest BCUT2D eigenvalue weighted by molar-refractivity contribution is 6.19. The number of likely N-dealkylation sites (N-methyl/N-ethyl adjacent to an activating group) is 1. The van der Waals surface area contributed by atoms with Crippen LogP contribution >= 0.6 is 11.6 Å². The predicted octanol–water partition coefficient (Wildman–Crippen LogP) is -0.278. The van der Waals surface area contributed by atoms with E-state index in [1.165, 1.54) is 0 Å². The Morgan fingerprint density at radius 1 is 1.89 bits per heavy atom. The molecule has 1 atom stereocenters. The van der Waals surface area contributed by atoms with Crippen LogP contribution in [0.15, 0.2) is 0 Å². The molecule has 0 bridgehead atoms. The molecule has 0 spiro atoms. The van der Waals surface area contributed by atoms with Gasteiger partial charge in [-0.3, -0.25) is 4.79 Å². The van der Waals surface area contributed by atoms with Crippen LogP contribution in [-0.4, -0.2) is 29.5 Å². The van der Waals surface area contributed by atoms with Crippen LogP contribution in [0.4, 0.5) is 0 Å². The molecule has 0 rings (SSSR count). The Morgan fingerprint density at radius 3 is 2.78 bits per heavy atom. The van der Waals surface area contributed by atoms with Gasteiger partial charge in [0.2, 0.25) is 5.91 Å². The van der Waals surface area contributed by atoms with Crippen LogP contribution in [0.25, 0.3) is 0 Å². The summed E-state index contributed by atoms with van der Waals surface area (Å²) in [6.07, 6.45) is -1.06. The van der Waals surface area contributed by atoms with Crippen molar-refractivity contribution in [3.05, 3.63) is 0 Å². The third kappa shape index (κ3) is 3.32. The van der Waals surface area contributed by atoms with E-state index >= 15 is 0 Å². The third-order valence-electron chi connectivity index (χ3n) is 0.800. The minimum absolute atomic E-state index is 0.0498. The Labute approximate surface area is 59.0 Å². The van der Waals surface area contributed by atoms with Crippen LogP contribution in [0.5, 0.6) is 0 Å². The standard InChI is InChI=1S/C5H10ClNO2/c1-2-7-5(9)4(8)3-6/h4,8H,2-3H2,1H3,(H,7,9). The quantitative estimate of drug-likeness (QED) is 0.546. The number of aliphatic hydroxyl groups is 1. The molecule has 0 aliphatic rings. The monoisotopic (exact) mass is 151 g/mol. The molecule has 0 aliphatic carbocycles. The Hall–Kier alpha value is -0.280. The molecule has 0 aliphatic heterocycles. The lowest BCUT2D eigenvalue weighted by Gasteiger charge is -2.04. The lowest BCUT2D eigenvalue weighted by molar-refractivity contribution is -0.128. The van der Waals surface area contributed by atoms with E-state index < -0.39 is 12.0 Å². The lowest BCUT2D eigenvalue weighted by Crippen LogP contribution is -2.35. The van der Waals surface area contributed by atoms with Gasteiger partial charge < -0.3 is 10.4 Å². The summed E-state index contributed by atoms with van der Waals surface area (Å²) in [6, 6.07) is 0. The van der Waals surface area contributed by atoms with Crippen LogP contribution in [0.3, 0.4) is 0 Å². The Morgan fingerprint density at radius 2 is 2.44 bits per heavy atom. The molecule has 0 radical (unpaired) electrons. The maximum atomic E-state index is 10.5. The topological polar surface area (TPSA) is 49.3 Å². The van der Waals surface area contributed by atoms with Crippen molar-refractivity contribution < 1.29 is 9.90 Å². The van der Waals surface area contributed by atoms with Gasteiger partial charge in [-0.15, -0.1) is 11.6 Å². The first kappa shape index (κ1) is 8.72. The van der Waals surface area contributed by atoms with Gasteiger partial charge in [-0.25, -0.2) is 0 Å². The number of alkyl halides is 1. The predicted molar refractivity (Wildman–Crippen MR) is 35.4 cm³/mol. The fraction of sp³-hybridized carbons (Fsp3) is 0.800. The van der Waals surface area contributed by atoms with Gasteiger partial charge in [0.15, 0.2) is 0 Å². The Kier molecular flexibility index (Phi) is 4.44. The second kappa shape index (κ2) is 4.58. The van der Waals surface area contributed by atoms with Gasteiger partial charge in [0.1, 0.15) is 6.10 Å². The van der Waals surface area contributed by atoms with Crippen molar-refractivity contribution in [2.75, 3.05) is 12.4 Å². The SMILES string of the molecule is CCNC(=O)C(O)CCl. The van der Waals surface area contributed by atoms with Gasteiger partial charge in [-0.1, -0.05) is 0 Å². The van der Waals surface area contributed by atoms with Crippen LogP contribution in [0, 0.1) is 0 Å². The summed E-state index contributed by atoms with van der Waals surface area (Å²) < 4.78 is 0. The average molecular weight is 152 g/mol. The largest absolute Gasteiger partial charge is 0.382 e. The molecule has 0 aromatic rings. The zero-order valence-electron chi connectivity index (χ0n) is 5.22. The number of rotatable bonds is 3. The molecule has 9 heavy (non-hydrogen) atoms. The molecule has 1 unspecified atom stereocenters. The van der Waals surface area contributed by atoms with Gasteiger partial charge in [-0.05, 0) is 6.92 Å². The molecule has 0 saturated carbocycles. The minimum Gasteiger partial charge on any atom is -0.382 e. The Balaban J connectivity index is 3.46. The highest BCUT2D eigenvalue weighted by Crippen LogP contribution is 1.85. The molecule has 3 nitrogen and oxygen atoms in total. The molecule has 1 amide bonds. The fourth-order valence-corrected chi connectivity index (χ4v) is 0.502. The van der Waals surface area contributed by atoms with Crippen molar-refractivity contribution in [2.45, 2.75) is 13.0 Å². The molecule has 0 saturated heterocycles. The molecule has 0 aromatic carbocycles. The number of carbonyl (C=O) groups is 1. The van der Waals surface area contributed by atoms with Gasteiger partial charge in [0.05, 0.1) is 5.88 Å². The van der Waals surface area contributed by atoms with Gasteiger partial charge >= 0.3 is 0 Å². The van der Waals surface area contributed by atoms with Crippen LogP contribution in [0.2, 0.25) is 0 Å². The van der Waals surface area contributed by atoms with Crippen molar-refractivity contribution in [2.24, 2.45) is 0 Å². The first-order chi connectivity index (χ1) is 4.22. The average Bonchev–Trinajstić information content (AvgIpc) is 1.87. The van der Waals surface area contributed by atoms with Crippen molar-refractivity contribution in [3.8, 4) is 0 Å². The minimum atomic E-state index is -1.06. The number of halogens is 1. The number of aliphatic hydroxyl groups excluding tert-OH is 1. The number of hydrogen-bond acceptors (Lipinski definition) is 2. The van der Waals surface area contributed by atoms with Gasteiger partial charge in [-0.2, -0.15) is 0 Å². The molecule has 54 valence electrons. The molecular weight excluding hydrogens is 142 g/mol. The summed E-state index contributed by atoms with van der Waals surface area (Å²) in [5.74, 6) is -0.459. The van der Waals surface area contributed by atoms with Crippen LogP contribution < -0.4 is 5.32 Å². The van der Waals surface area contributed by atoms with E-state index in [9.17, 15) is 4.79 Å². The van der Waals surface area contributed by atoms with E-state index in [-0.39, 0.29) is 5.88 Å². The lowest BCUT2D eigenvalue weighted by atomic mass is 10.4. The summed E-state index contributed by atoms with van der Waals surface area (Å²) in [5.41, 5.74) is 0. The highest BCUT2D eigenvalue weighted by Gasteiger charge is 2.10. The van der Waals surface area contributed by atoms with Gasteiger partial charge in [0, 0.05) is 6.54 Å². The van der Waals surface area contributed by atoms with Crippen LogP contribution in [-0.2, 0) is 4.79 Å². The maximum Gasteiger partial charge on any atom is 0.250 e.